The minimum Gasteiger partial charge on any atom is -0.298 e. The highest BCUT2D eigenvalue weighted by molar-refractivity contribution is 5.81. The first-order chi connectivity index (χ1) is 8.49. The van der Waals surface area contributed by atoms with Crippen molar-refractivity contribution in [1.29, 1.82) is 0 Å². The molecule has 1 atom stereocenters. The number of hydrogen-bond donors (Lipinski definition) is 0. The fourth-order valence-corrected chi connectivity index (χ4v) is 1.42. The predicted molar refractivity (Wildman–Crippen MR) is 75.3 cm³/mol. The van der Waals surface area contributed by atoms with Crippen molar-refractivity contribution in [3.05, 3.63) is 0 Å². The molecule has 4 heteroatoms. The van der Waals surface area contributed by atoms with Crippen molar-refractivity contribution in [3.63, 3.8) is 0 Å². The molecule has 0 aromatic rings. The SMILES string of the molecule is CC.CC.CC(=O)C1CCCN1C.CCC(F)F. The van der Waals surface area contributed by atoms with Gasteiger partial charge < -0.3 is 0 Å². The summed E-state index contributed by atoms with van der Waals surface area (Å²) in [4.78, 5) is 12.9. The van der Waals surface area contributed by atoms with Crippen LogP contribution in [0.15, 0.2) is 0 Å². The van der Waals surface area contributed by atoms with Gasteiger partial charge in [-0.05, 0) is 33.4 Å². The van der Waals surface area contributed by atoms with Gasteiger partial charge in [0.1, 0.15) is 5.78 Å². The Morgan fingerprint density at radius 1 is 1.28 bits per heavy atom. The fourth-order valence-electron chi connectivity index (χ4n) is 1.42. The fraction of sp³-hybridized carbons (Fsp3) is 0.929. The van der Waals surface area contributed by atoms with Crippen LogP contribution < -0.4 is 0 Å². The number of alkyl halides is 2. The number of carbonyl (C=O) groups excluding carboxylic acids is 1. The number of likely N-dealkylation sites (tertiary alicyclic amines) is 1. The predicted octanol–water partition coefficient (Wildman–Crippen LogP) is 4.38. The Hall–Kier alpha value is -0.510. The Balaban J connectivity index is -0.000000215. The molecule has 0 aromatic carbocycles. The maximum Gasteiger partial charge on any atom is 0.238 e. The molecule has 1 fully saturated rings. The molecule has 1 saturated heterocycles. The molecule has 0 bridgehead atoms. The van der Waals surface area contributed by atoms with Crippen LogP contribution in [-0.2, 0) is 4.79 Å². The van der Waals surface area contributed by atoms with Crippen LogP contribution in [0.25, 0.3) is 0 Å². The molecule has 0 saturated carbocycles. The van der Waals surface area contributed by atoms with Crippen LogP contribution in [0.1, 0.15) is 60.8 Å². The molecule has 1 aliphatic rings. The second kappa shape index (κ2) is 16.5. The van der Waals surface area contributed by atoms with Crippen molar-refractivity contribution >= 4 is 5.78 Å². The number of halogens is 2. The molecule has 0 N–H and O–H groups in total. The van der Waals surface area contributed by atoms with Gasteiger partial charge in [-0.2, -0.15) is 0 Å². The highest BCUT2D eigenvalue weighted by atomic mass is 19.3. The Morgan fingerprint density at radius 2 is 1.67 bits per heavy atom. The van der Waals surface area contributed by atoms with Crippen LogP contribution in [0.4, 0.5) is 8.78 Å². The summed E-state index contributed by atoms with van der Waals surface area (Å²) in [7, 11) is 2.01. The topological polar surface area (TPSA) is 20.3 Å². The number of carbonyl (C=O) groups is 1. The van der Waals surface area contributed by atoms with E-state index < -0.39 is 6.43 Å². The van der Waals surface area contributed by atoms with E-state index in [2.05, 4.69) is 4.90 Å². The third-order valence-electron chi connectivity index (χ3n) is 2.30. The van der Waals surface area contributed by atoms with E-state index in [4.69, 9.17) is 0 Å². The Labute approximate surface area is 112 Å². The molecule has 1 aliphatic heterocycles. The zero-order chi connectivity index (χ0) is 15.1. The van der Waals surface area contributed by atoms with Crippen LogP contribution in [0.2, 0.25) is 0 Å². The normalized spacial score (nSPS) is 17.8. The van der Waals surface area contributed by atoms with Crippen molar-refractivity contribution in [2.45, 2.75) is 73.3 Å². The van der Waals surface area contributed by atoms with E-state index in [-0.39, 0.29) is 12.5 Å². The van der Waals surface area contributed by atoms with Gasteiger partial charge in [0.25, 0.3) is 0 Å². The number of Topliss-reactive ketones (excluding diaryl/α,β-unsaturated/α-hetero) is 1. The standard InChI is InChI=1S/C7H13NO.C3H6F2.2C2H6/c1-6(9)7-4-3-5-8(7)2;1-2-3(4)5;2*1-2/h7H,3-5H2,1-2H3;3H,2H2,1H3;2*1-2H3. The lowest BCUT2D eigenvalue weighted by molar-refractivity contribution is -0.120. The van der Waals surface area contributed by atoms with Crippen LogP contribution in [0, 0.1) is 0 Å². The van der Waals surface area contributed by atoms with Crippen molar-refractivity contribution in [3.8, 4) is 0 Å². The number of likely N-dealkylation sites (N-methyl/N-ethyl adjacent to an activating group) is 1. The number of rotatable bonds is 2. The first kappa shape index (κ1) is 22.7. The second-order valence-corrected chi connectivity index (χ2v) is 3.55. The molecule has 112 valence electrons. The zero-order valence-corrected chi connectivity index (χ0v) is 13.1. The summed E-state index contributed by atoms with van der Waals surface area (Å²) < 4.78 is 21.5. The minimum absolute atomic E-state index is 0.0278. The van der Waals surface area contributed by atoms with Crippen LogP contribution in [0.5, 0.6) is 0 Å². The lowest BCUT2D eigenvalue weighted by atomic mass is 10.1. The third-order valence-corrected chi connectivity index (χ3v) is 2.30. The van der Waals surface area contributed by atoms with Gasteiger partial charge in [0, 0.05) is 6.42 Å². The van der Waals surface area contributed by atoms with Crippen molar-refractivity contribution in [1.82, 2.24) is 4.90 Å². The van der Waals surface area contributed by atoms with E-state index in [1.165, 1.54) is 13.3 Å². The van der Waals surface area contributed by atoms with E-state index in [9.17, 15) is 13.6 Å². The van der Waals surface area contributed by atoms with E-state index in [0.717, 1.165) is 13.0 Å². The Morgan fingerprint density at radius 3 is 1.78 bits per heavy atom. The highest BCUT2D eigenvalue weighted by Gasteiger charge is 2.23. The van der Waals surface area contributed by atoms with E-state index in [1.807, 2.05) is 34.7 Å². The zero-order valence-electron chi connectivity index (χ0n) is 13.1. The monoisotopic (exact) mass is 267 g/mol. The van der Waals surface area contributed by atoms with Gasteiger partial charge in [0.15, 0.2) is 0 Å². The number of hydrogen-bond acceptors (Lipinski definition) is 2. The molecule has 0 aliphatic carbocycles. The maximum absolute atomic E-state index is 10.8. The van der Waals surface area contributed by atoms with Gasteiger partial charge in [0.05, 0.1) is 6.04 Å². The quantitative estimate of drug-likeness (QED) is 0.740. The van der Waals surface area contributed by atoms with Crippen LogP contribution in [-0.4, -0.2) is 36.7 Å². The van der Waals surface area contributed by atoms with Gasteiger partial charge in [-0.25, -0.2) is 8.78 Å². The minimum atomic E-state index is -2.12. The summed E-state index contributed by atoms with van der Waals surface area (Å²) in [6, 6.07) is 0.227. The molecule has 0 amide bonds. The summed E-state index contributed by atoms with van der Waals surface area (Å²) in [5.41, 5.74) is 0. The van der Waals surface area contributed by atoms with Gasteiger partial charge >= 0.3 is 0 Å². The second-order valence-electron chi connectivity index (χ2n) is 3.55. The number of nitrogens with zero attached hydrogens (tertiary/aromatic N) is 1. The Kier molecular flexibility index (Phi) is 20.8. The van der Waals surface area contributed by atoms with Gasteiger partial charge in [0.2, 0.25) is 6.43 Å². The maximum atomic E-state index is 10.8. The Bertz CT molecular complexity index is 175. The molecular weight excluding hydrogens is 236 g/mol. The first-order valence-corrected chi connectivity index (χ1v) is 6.97. The summed E-state index contributed by atoms with van der Waals surface area (Å²) in [6.07, 6.45) is 0.0991. The summed E-state index contributed by atoms with van der Waals surface area (Å²) >= 11 is 0. The third kappa shape index (κ3) is 13.6. The van der Waals surface area contributed by atoms with Crippen molar-refractivity contribution < 1.29 is 13.6 Å². The van der Waals surface area contributed by atoms with E-state index in [0.29, 0.717) is 5.78 Å². The van der Waals surface area contributed by atoms with Gasteiger partial charge in [-0.15, -0.1) is 0 Å². The molecule has 0 radical (unpaired) electrons. The molecule has 1 unspecified atom stereocenters. The van der Waals surface area contributed by atoms with Gasteiger partial charge in [-0.3, -0.25) is 9.69 Å². The lowest BCUT2D eigenvalue weighted by Gasteiger charge is -2.14. The van der Waals surface area contributed by atoms with Gasteiger partial charge in [-0.1, -0.05) is 34.6 Å². The summed E-state index contributed by atoms with van der Waals surface area (Å²) in [5.74, 6) is 0.315. The lowest BCUT2D eigenvalue weighted by Crippen LogP contribution is -2.30. The molecule has 1 heterocycles. The molecule has 18 heavy (non-hydrogen) atoms. The highest BCUT2D eigenvalue weighted by Crippen LogP contribution is 2.14. The average Bonchev–Trinajstić information content (AvgIpc) is 2.81. The van der Waals surface area contributed by atoms with Crippen LogP contribution >= 0.6 is 0 Å². The van der Waals surface area contributed by atoms with E-state index >= 15 is 0 Å². The van der Waals surface area contributed by atoms with E-state index in [1.54, 1.807) is 6.92 Å². The summed E-state index contributed by atoms with van der Waals surface area (Å²) in [5, 5.41) is 0. The van der Waals surface area contributed by atoms with Crippen LogP contribution in [0.3, 0.4) is 0 Å². The van der Waals surface area contributed by atoms with Crippen molar-refractivity contribution in [2.24, 2.45) is 0 Å². The average molecular weight is 267 g/mol. The first-order valence-electron chi connectivity index (χ1n) is 6.97. The molecule has 0 spiro atoms. The molecular formula is C14H31F2NO. The molecule has 0 aromatic heterocycles. The van der Waals surface area contributed by atoms with Crippen molar-refractivity contribution in [2.75, 3.05) is 13.6 Å². The summed E-state index contributed by atoms with van der Waals surface area (Å²) in [6.45, 7) is 12.2. The smallest absolute Gasteiger partial charge is 0.238 e. The largest absolute Gasteiger partial charge is 0.298 e. The molecule has 2 nitrogen and oxygen atoms in total. The number of ketones is 1. The molecule has 1 rings (SSSR count).